The number of halogens is 3. The van der Waals surface area contributed by atoms with Crippen molar-refractivity contribution in [2.45, 2.75) is 0 Å². The van der Waals surface area contributed by atoms with Crippen molar-refractivity contribution in [3.63, 3.8) is 0 Å². The molecule has 0 saturated carbocycles. The number of amides is 2. The zero-order valence-corrected chi connectivity index (χ0v) is 14.8. The maximum atomic E-state index is 13.6. The number of nitrogens with one attached hydrogen (secondary N) is 1. The van der Waals surface area contributed by atoms with Crippen LogP contribution in [-0.4, -0.2) is 11.8 Å². The molecule has 0 radical (unpaired) electrons. The van der Waals surface area contributed by atoms with E-state index in [1.807, 2.05) is 0 Å². The van der Waals surface area contributed by atoms with Gasteiger partial charge < -0.3 is 5.32 Å². The van der Waals surface area contributed by atoms with Crippen molar-refractivity contribution in [3.05, 3.63) is 102 Å². The molecule has 2 amide bonds. The highest BCUT2D eigenvalue weighted by Gasteiger charge is 2.40. The Balaban J connectivity index is 1.81. The standard InChI is InChI=1S/C22H13F3N2O2/c23-14-6-9-16(10-7-14)27-21(28)19(13-4-2-1-3-5-13)20(22(27)29)26-15-8-11-17(24)18(25)12-15/h1-12,26H. The third-order valence-corrected chi connectivity index (χ3v) is 4.42. The summed E-state index contributed by atoms with van der Waals surface area (Å²) in [7, 11) is 0. The van der Waals surface area contributed by atoms with E-state index in [2.05, 4.69) is 5.32 Å². The van der Waals surface area contributed by atoms with Crippen LogP contribution in [0, 0.1) is 17.5 Å². The fourth-order valence-corrected chi connectivity index (χ4v) is 3.06. The Labute approximate surface area is 163 Å². The maximum Gasteiger partial charge on any atom is 0.282 e. The molecule has 0 aliphatic carbocycles. The summed E-state index contributed by atoms with van der Waals surface area (Å²) >= 11 is 0. The van der Waals surface area contributed by atoms with Crippen LogP contribution in [0.25, 0.3) is 5.57 Å². The lowest BCUT2D eigenvalue weighted by molar-refractivity contribution is -0.120. The van der Waals surface area contributed by atoms with E-state index in [1.54, 1.807) is 30.3 Å². The first-order valence-electron chi connectivity index (χ1n) is 8.62. The third kappa shape index (κ3) is 3.38. The molecule has 0 spiro atoms. The molecule has 0 saturated heterocycles. The Bertz CT molecular complexity index is 1140. The lowest BCUT2D eigenvalue weighted by Gasteiger charge is -2.15. The van der Waals surface area contributed by atoms with Gasteiger partial charge in [0.15, 0.2) is 11.6 Å². The van der Waals surface area contributed by atoms with Crippen LogP contribution >= 0.6 is 0 Å². The highest BCUT2D eigenvalue weighted by molar-refractivity contribution is 6.46. The second kappa shape index (κ2) is 7.27. The third-order valence-electron chi connectivity index (χ3n) is 4.42. The highest BCUT2D eigenvalue weighted by atomic mass is 19.2. The molecular formula is C22H13F3N2O2. The molecule has 3 aromatic carbocycles. The van der Waals surface area contributed by atoms with Gasteiger partial charge in [-0.1, -0.05) is 30.3 Å². The van der Waals surface area contributed by atoms with Gasteiger partial charge in [-0.2, -0.15) is 0 Å². The number of carbonyl (C=O) groups excluding carboxylic acids is 2. The van der Waals surface area contributed by atoms with E-state index >= 15 is 0 Å². The Kier molecular flexibility index (Phi) is 4.64. The highest BCUT2D eigenvalue weighted by Crippen LogP contribution is 2.33. The molecule has 0 aromatic heterocycles. The number of benzene rings is 3. The second-order valence-electron chi connectivity index (χ2n) is 6.29. The van der Waals surface area contributed by atoms with Gasteiger partial charge in [-0.3, -0.25) is 9.59 Å². The van der Waals surface area contributed by atoms with E-state index in [0.29, 0.717) is 5.56 Å². The summed E-state index contributed by atoms with van der Waals surface area (Å²) in [6.45, 7) is 0. The first-order chi connectivity index (χ1) is 14.0. The van der Waals surface area contributed by atoms with Crippen LogP contribution in [0.3, 0.4) is 0 Å². The molecule has 0 fully saturated rings. The molecule has 1 aliphatic heterocycles. The minimum Gasteiger partial charge on any atom is -0.350 e. The molecule has 4 nitrogen and oxygen atoms in total. The van der Waals surface area contributed by atoms with Crippen LogP contribution in [0.4, 0.5) is 24.5 Å². The summed E-state index contributed by atoms with van der Waals surface area (Å²) in [5, 5.41) is 2.74. The van der Waals surface area contributed by atoms with Gasteiger partial charge in [-0.15, -0.1) is 0 Å². The fraction of sp³-hybridized carbons (Fsp3) is 0. The van der Waals surface area contributed by atoms with Gasteiger partial charge in [0.05, 0.1) is 11.3 Å². The molecule has 0 atom stereocenters. The Morgan fingerprint density at radius 2 is 1.41 bits per heavy atom. The van der Waals surface area contributed by atoms with Gasteiger partial charge >= 0.3 is 0 Å². The molecule has 0 bridgehead atoms. The normalized spacial score (nSPS) is 14.0. The molecule has 29 heavy (non-hydrogen) atoms. The van der Waals surface area contributed by atoms with E-state index in [9.17, 15) is 22.8 Å². The van der Waals surface area contributed by atoms with Crippen molar-refractivity contribution in [3.8, 4) is 0 Å². The molecule has 1 heterocycles. The molecule has 3 aromatic rings. The summed E-state index contributed by atoms with van der Waals surface area (Å²) in [6, 6.07) is 16.4. The van der Waals surface area contributed by atoms with Gasteiger partial charge in [-0.25, -0.2) is 18.1 Å². The van der Waals surface area contributed by atoms with Crippen molar-refractivity contribution in [2.75, 3.05) is 10.2 Å². The molecule has 144 valence electrons. The summed E-state index contributed by atoms with van der Waals surface area (Å²) in [4.78, 5) is 27.1. The van der Waals surface area contributed by atoms with E-state index in [4.69, 9.17) is 0 Å². The number of nitrogens with zero attached hydrogens (tertiary/aromatic N) is 1. The average Bonchev–Trinajstić information content (AvgIpc) is 2.96. The van der Waals surface area contributed by atoms with Crippen LogP contribution < -0.4 is 10.2 Å². The van der Waals surface area contributed by atoms with Crippen molar-refractivity contribution in [1.82, 2.24) is 0 Å². The SMILES string of the molecule is O=C1C(Nc2ccc(F)c(F)c2)=C(c2ccccc2)C(=O)N1c1ccc(F)cc1. The predicted molar refractivity (Wildman–Crippen MR) is 102 cm³/mol. The van der Waals surface area contributed by atoms with E-state index < -0.39 is 29.3 Å². The zero-order valence-electron chi connectivity index (χ0n) is 14.8. The minimum atomic E-state index is -1.09. The first-order valence-corrected chi connectivity index (χ1v) is 8.62. The largest absolute Gasteiger partial charge is 0.350 e. The Hall–Kier alpha value is -3.87. The van der Waals surface area contributed by atoms with Gasteiger partial charge in [-0.05, 0) is 42.0 Å². The smallest absolute Gasteiger partial charge is 0.282 e. The van der Waals surface area contributed by atoms with Crippen molar-refractivity contribution in [2.24, 2.45) is 0 Å². The number of imide groups is 1. The van der Waals surface area contributed by atoms with Crippen LogP contribution in [0.5, 0.6) is 0 Å². The van der Waals surface area contributed by atoms with Gasteiger partial charge in [0.25, 0.3) is 11.8 Å². The zero-order chi connectivity index (χ0) is 20.5. The van der Waals surface area contributed by atoms with Crippen LogP contribution in [0.2, 0.25) is 0 Å². The first kappa shape index (κ1) is 18.5. The van der Waals surface area contributed by atoms with E-state index in [-0.39, 0.29) is 22.6 Å². The van der Waals surface area contributed by atoms with Crippen LogP contribution in [-0.2, 0) is 9.59 Å². The number of anilines is 2. The van der Waals surface area contributed by atoms with Gasteiger partial charge in [0, 0.05) is 11.8 Å². The summed E-state index contributed by atoms with van der Waals surface area (Å²) in [5.41, 5.74) is 0.757. The lowest BCUT2D eigenvalue weighted by Crippen LogP contribution is -2.32. The van der Waals surface area contributed by atoms with Crippen molar-refractivity contribution in [1.29, 1.82) is 0 Å². The second-order valence-corrected chi connectivity index (χ2v) is 6.29. The molecule has 7 heteroatoms. The van der Waals surface area contributed by atoms with Gasteiger partial charge in [0.1, 0.15) is 11.5 Å². The molecule has 1 aliphatic rings. The monoisotopic (exact) mass is 394 g/mol. The maximum absolute atomic E-state index is 13.6. The number of rotatable bonds is 4. The number of hydrogen-bond acceptors (Lipinski definition) is 3. The molecule has 1 N–H and O–H groups in total. The van der Waals surface area contributed by atoms with Gasteiger partial charge in [0.2, 0.25) is 0 Å². The van der Waals surface area contributed by atoms with E-state index in [0.717, 1.165) is 29.2 Å². The van der Waals surface area contributed by atoms with Crippen molar-refractivity contribution < 1.29 is 22.8 Å². The summed E-state index contributed by atoms with van der Waals surface area (Å²) < 4.78 is 40.1. The lowest BCUT2D eigenvalue weighted by atomic mass is 10.0. The topological polar surface area (TPSA) is 49.4 Å². The number of carbonyl (C=O) groups is 2. The quantitative estimate of drug-likeness (QED) is 0.663. The summed E-state index contributed by atoms with van der Waals surface area (Å²) in [5.74, 6) is -3.94. The Morgan fingerprint density at radius 3 is 2.07 bits per heavy atom. The van der Waals surface area contributed by atoms with Crippen molar-refractivity contribution >= 4 is 28.8 Å². The van der Waals surface area contributed by atoms with E-state index in [1.165, 1.54) is 18.2 Å². The average molecular weight is 394 g/mol. The molecular weight excluding hydrogens is 381 g/mol. The fourth-order valence-electron chi connectivity index (χ4n) is 3.06. The molecule has 4 rings (SSSR count). The predicted octanol–water partition coefficient (Wildman–Crippen LogP) is 4.50. The molecule has 0 unspecified atom stereocenters. The number of hydrogen-bond donors (Lipinski definition) is 1. The van der Waals surface area contributed by atoms with Crippen LogP contribution in [0.1, 0.15) is 5.56 Å². The summed E-state index contributed by atoms with van der Waals surface area (Å²) in [6.07, 6.45) is 0. The Morgan fingerprint density at radius 1 is 0.724 bits per heavy atom. The minimum absolute atomic E-state index is 0.0738. The van der Waals surface area contributed by atoms with Crippen LogP contribution in [0.15, 0.2) is 78.5 Å².